The Labute approximate surface area is 166 Å². The molecule has 146 valence electrons. The molecule has 0 aliphatic carbocycles. The number of ether oxygens (including phenoxy) is 1. The van der Waals surface area contributed by atoms with Crippen molar-refractivity contribution in [2.24, 2.45) is 0 Å². The number of nitrogens with one attached hydrogen (secondary N) is 1. The SMILES string of the molecule is CCOc1ccc(NC(=O)[C@H](C)Sc2nnc(-c3ccccc3F)n2N)cc1. The summed E-state index contributed by atoms with van der Waals surface area (Å²) in [6.45, 7) is 4.21. The Hall–Kier alpha value is -3.07. The predicted octanol–water partition coefficient (Wildman–Crippen LogP) is 3.32. The molecule has 0 fully saturated rings. The van der Waals surface area contributed by atoms with Gasteiger partial charge < -0.3 is 15.9 Å². The van der Waals surface area contributed by atoms with Crippen molar-refractivity contribution < 1.29 is 13.9 Å². The van der Waals surface area contributed by atoms with Crippen LogP contribution in [0.25, 0.3) is 11.4 Å². The van der Waals surface area contributed by atoms with E-state index in [-0.39, 0.29) is 17.3 Å². The van der Waals surface area contributed by atoms with Gasteiger partial charge in [-0.2, -0.15) is 0 Å². The average Bonchev–Trinajstić information content (AvgIpc) is 3.04. The van der Waals surface area contributed by atoms with Gasteiger partial charge in [0.05, 0.1) is 17.4 Å². The highest BCUT2D eigenvalue weighted by Gasteiger charge is 2.21. The van der Waals surface area contributed by atoms with Gasteiger partial charge in [-0.05, 0) is 50.2 Å². The summed E-state index contributed by atoms with van der Waals surface area (Å²) in [6.07, 6.45) is 0. The fraction of sp³-hybridized carbons (Fsp3) is 0.211. The van der Waals surface area contributed by atoms with E-state index < -0.39 is 11.1 Å². The number of amides is 1. The van der Waals surface area contributed by atoms with Gasteiger partial charge in [-0.25, -0.2) is 9.07 Å². The molecule has 0 saturated carbocycles. The van der Waals surface area contributed by atoms with Crippen LogP contribution in [-0.4, -0.2) is 32.6 Å². The van der Waals surface area contributed by atoms with Gasteiger partial charge in [0.25, 0.3) is 0 Å². The van der Waals surface area contributed by atoms with E-state index in [0.717, 1.165) is 17.5 Å². The van der Waals surface area contributed by atoms with Gasteiger partial charge in [-0.3, -0.25) is 4.79 Å². The van der Waals surface area contributed by atoms with Gasteiger partial charge in [0.2, 0.25) is 11.1 Å². The van der Waals surface area contributed by atoms with Crippen molar-refractivity contribution in [3.63, 3.8) is 0 Å². The predicted molar refractivity (Wildman–Crippen MR) is 107 cm³/mol. The first-order valence-electron chi connectivity index (χ1n) is 8.65. The van der Waals surface area contributed by atoms with Gasteiger partial charge in [-0.15, -0.1) is 10.2 Å². The van der Waals surface area contributed by atoms with Crippen molar-refractivity contribution in [3.05, 3.63) is 54.3 Å². The molecule has 3 rings (SSSR count). The van der Waals surface area contributed by atoms with Crippen LogP contribution < -0.4 is 15.9 Å². The zero-order valence-corrected chi connectivity index (χ0v) is 16.2. The van der Waals surface area contributed by atoms with Crippen LogP contribution in [0.5, 0.6) is 5.75 Å². The molecule has 0 bridgehead atoms. The molecule has 0 unspecified atom stereocenters. The second-order valence-corrected chi connectivity index (χ2v) is 7.17. The molecule has 3 N–H and O–H groups in total. The van der Waals surface area contributed by atoms with Gasteiger partial charge in [0.1, 0.15) is 11.6 Å². The minimum atomic E-state index is -0.494. The quantitative estimate of drug-likeness (QED) is 0.466. The van der Waals surface area contributed by atoms with Crippen LogP contribution in [0.15, 0.2) is 53.7 Å². The molecule has 1 atom stereocenters. The highest BCUT2D eigenvalue weighted by atomic mass is 32.2. The van der Waals surface area contributed by atoms with E-state index in [1.165, 1.54) is 10.7 Å². The summed E-state index contributed by atoms with van der Waals surface area (Å²) in [4.78, 5) is 12.4. The first kappa shape index (κ1) is 19.7. The van der Waals surface area contributed by atoms with E-state index in [0.29, 0.717) is 17.5 Å². The first-order chi connectivity index (χ1) is 13.5. The van der Waals surface area contributed by atoms with Gasteiger partial charge in [0.15, 0.2) is 5.82 Å². The number of hydrogen-bond acceptors (Lipinski definition) is 6. The Kier molecular flexibility index (Phi) is 6.15. The molecule has 0 saturated heterocycles. The number of aromatic nitrogens is 3. The summed E-state index contributed by atoms with van der Waals surface area (Å²) in [5.74, 6) is 6.28. The standard InChI is InChI=1S/C19H20FN5O2S/c1-3-27-14-10-8-13(9-11-14)22-18(26)12(2)28-19-24-23-17(25(19)21)15-6-4-5-7-16(15)20/h4-12H,3,21H2,1-2H3,(H,22,26)/t12-/m0/s1. The molecule has 1 aromatic heterocycles. The molecule has 9 heteroatoms. The highest BCUT2D eigenvalue weighted by Crippen LogP contribution is 2.27. The molecular formula is C19H20FN5O2S. The molecule has 1 heterocycles. The summed E-state index contributed by atoms with van der Waals surface area (Å²) in [5.41, 5.74) is 0.901. The average molecular weight is 401 g/mol. The molecule has 0 radical (unpaired) electrons. The molecule has 0 aliphatic rings. The van der Waals surface area contributed by atoms with E-state index >= 15 is 0 Å². The lowest BCUT2D eigenvalue weighted by molar-refractivity contribution is -0.115. The van der Waals surface area contributed by atoms with Crippen LogP contribution >= 0.6 is 11.8 Å². The van der Waals surface area contributed by atoms with Crippen LogP contribution in [-0.2, 0) is 4.79 Å². The van der Waals surface area contributed by atoms with Crippen molar-refractivity contribution in [1.82, 2.24) is 14.9 Å². The summed E-state index contributed by atoms with van der Waals surface area (Å²) in [6, 6.07) is 13.3. The van der Waals surface area contributed by atoms with E-state index in [4.69, 9.17) is 10.6 Å². The molecular weight excluding hydrogens is 381 g/mol. The summed E-state index contributed by atoms with van der Waals surface area (Å²) in [7, 11) is 0. The number of hydrogen-bond donors (Lipinski definition) is 2. The number of halogens is 1. The number of thioether (sulfide) groups is 1. The van der Waals surface area contributed by atoms with E-state index in [1.807, 2.05) is 6.92 Å². The van der Waals surface area contributed by atoms with Crippen LogP contribution in [0, 0.1) is 5.82 Å². The number of nitrogens with zero attached hydrogens (tertiary/aromatic N) is 3. The van der Waals surface area contributed by atoms with E-state index in [1.54, 1.807) is 49.4 Å². The van der Waals surface area contributed by atoms with Crippen LogP contribution in [0.1, 0.15) is 13.8 Å². The lowest BCUT2D eigenvalue weighted by Crippen LogP contribution is -2.23. The Bertz CT molecular complexity index is 961. The Morgan fingerprint density at radius 1 is 1.25 bits per heavy atom. The lowest BCUT2D eigenvalue weighted by atomic mass is 10.2. The van der Waals surface area contributed by atoms with Crippen molar-refractivity contribution in [2.75, 3.05) is 17.8 Å². The molecule has 3 aromatic rings. The van der Waals surface area contributed by atoms with E-state index in [2.05, 4.69) is 15.5 Å². The second-order valence-electron chi connectivity index (χ2n) is 5.86. The lowest BCUT2D eigenvalue weighted by Gasteiger charge is -2.12. The largest absolute Gasteiger partial charge is 0.494 e. The summed E-state index contributed by atoms with van der Waals surface area (Å²) >= 11 is 1.14. The molecule has 28 heavy (non-hydrogen) atoms. The minimum absolute atomic E-state index is 0.194. The Balaban J connectivity index is 1.67. The molecule has 1 amide bonds. The first-order valence-corrected chi connectivity index (χ1v) is 9.53. The minimum Gasteiger partial charge on any atom is -0.494 e. The maximum absolute atomic E-state index is 14.0. The van der Waals surface area contributed by atoms with Gasteiger partial charge >= 0.3 is 0 Å². The van der Waals surface area contributed by atoms with Crippen LogP contribution in [0.4, 0.5) is 10.1 Å². The fourth-order valence-corrected chi connectivity index (χ4v) is 3.21. The number of anilines is 1. The third-order valence-electron chi connectivity index (χ3n) is 3.86. The maximum atomic E-state index is 14.0. The molecule has 7 nitrogen and oxygen atoms in total. The Morgan fingerprint density at radius 2 is 1.96 bits per heavy atom. The molecule has 0 aliphatic heterocycles. The molecule has 2 aromatic carbocycles. The third kappa shape index (κ3) is 4.42. The number of nitrogen functional groups attached to an aromatic ring is 1. The van der Waals surface area contributed by atoms with Crippen molar-refractivity contribution >= 4 is 23.4 Å². The highest BCUT2D eigenvalue weighted by molar-refractivity contribution is 8.00. The smallest absolute Gasteiger partial charge is 0.237 e. The monoisotopic (exact) mass is 401 g/mol. The third-order valence-corrected chi connectivity index (χ3v) is 4.92. The van der Waals surface area contributed by atoms with Gasteiger partial charge in [-0.1, -0.05) is 23.9 Å². The van der Waals surface area contributed by atoms with Crippen LogP contribution in [0.3, 0.4) is 0 Å². The number of carbonyl (C=O) groups excluding carboxylic acids is 1. The Morgan fingerprint density at radius 3 is 2.64 bits per heavy atom. The number of carbonyl (C=O) groups is 1. The van der Waals surface area contributed by atoms with Crippen molar-refractivity contribution in [1.29, 1.82) is 0 Å². The van der Waals surface area contributed by atoms with Crippen molar-refractivity contribution in [3.8, 4) is 17.1 Å². The topological polar surface area (TPSA) is 95.1 Å². The second kappa shape index (κ2) is 8.75. The summed E-state index contributed by atoms with van der Waals surface area (Å²) < 4.78 is 20.5. The van der Waals surface area contributed by atoms with E-state index in [9.17, 15) is 9.18 Å². The summed E-state index contributed by atoms with van der Waals surface area (Å²) in [5, 5.41) is 10.6. The fourth-order valence-electron chi connectivity index (χ4n) is 2.44. The van der Waals surface area contributed by atoms with Crippen molar-refractivity contribution in [2.45, 2.75) is 24.3 Å². The maximum Gasteiger partial charge on any atom is 0.237 e. The van der Waals surface area contributed by atoms with Gasteiger partial charge in [0, 0.05) is 5.69 Å². The number of benzene rings is 2. The number of nitrogens with two attached hydrogens (primary N) is 1. The number of rotatable bonds is 7. The normalized spacial score (nSPS) is 11.8. The zero-order valence-electron chi connectivity index (χ0n) is 15.4. The molecule has 0 spiro atoms. The van der Waals surface area contributed by atoms with Crippen LogP contribution in [0.2, 0.25) is 0 Å². The zero-order chi connectivity index (χ0) is 20.1.